The van der Waals surface area contributed by atoms with Gasteiger partial charge in [-0.05, 0) is 48.9 Å². The summed E-state index contributed by atoms with van der Waals surface area (Å²) in [6.07, 6.45) is -3.18. The van der Waals surface area contributed by atoms with Gasteiger partial charge in [0.2, 0.25) is 0 Å². The van der Waals surface area contributed by atoms with Crippen molar-refractivity contribution in [2.24, 2.45) is 0 Å². The van der Waals surface area contributed by atoms with Crippen LogP contribution in [0.25, 0.3) is 0 Å². The van der Waals surface area contributed by atoms with Gasteiger partial charge in [0, 0.05) is 11.4 Å². The number of rotatable bonds is 5. The van der Waals surface area contributed by atoms with Gasteiger partial charge >= 0.3 is 6.18 Å². The van der Waals surface area contributed by atoms with Gasteiger partial charge in [-0.2, -0.15) is 13.2 Å². The van der Waals surface area contributed by atoms with Crippen LogP contribution in [-0.2, 0) is 16.2 Å². The summed E-state index contributed by atoms with van der Waals surface area (Å²) in [5.74, 6) is -0.385. The van der Waals surface area contributed by atoms with Gasteiger partial charge in [-0.3, -0.25) is 14.5 Å². The first kappa shape index (κ1) is 20.8. The molecular formula is C18H14F3N3O3S2. The summed E-state index contributed by atoms with van der Waals surface area (Å²) in [4.78, 5) is 16.1. The number of anilines is 2. The molecule has 1 aromatic heterocycles. The molecule has 1 heterocycles. The second kappa shape index (κ2) is 7.84. The van der Waals surface area contributed by atoms with E-state index in [1.54, 1.807) is 0 Å². The van der Waals surface area contributed by atoms with Crippen molar-refractivity contribution in [2.75, 3.05) is 10.0 Å². The number of amides is 1. The van der Waals surface area contributed by atoms with E-state index in [0.717, 1.165) is 29.5 Å². The van der Waals surface area contributed by atoms with Gasteiger partial charge < -0.3 is 5.32 Å². The quantitative estimate of drug-likeness (QED) is 0.609. The Hall–Kier alpha value is -2.92. The summed E-state index contributed by atoms with van der Waals surface area (Å²) in [7, 11) is -4.13. The largest absolute Gasteiger partial charge is 0.416 e. The minimum Gasteiger partial charge on any atom is -0.321 e. The molecule has 0 aliphatic carbocycles. The van der Waals surface area contributed by atoms with Crippen molar-refractivity contribution in [3.8, 4) is 0 Å². The molecule has 11 heteroatoms. The fourth-order valence-corrected chi connectivity index (χ4v) is 4.31. The number of hydrogen-bond donors (Lipinski definition) is 2. The highest BCUT2D eigenvalue weighted by Gasteiger charge is 2.30. The number of hydrogen-bond acceptors (Lipinski definition) is 5. The number of benzene rings is 2. The highest BCUT2D eigenvalue weighted by atomic mass is 32.2. The molecule has 0 aliphatic heterocycles. The van der Waals surface area contributed by atoms with Gasteiger partial charge in [0.25, 0.3) is 15.9 Å². The number of aryl methyl sites for hydroxylation is 1. The first-order valence-corrected chi connectivity index (χ1v) is 10.4. The molecule has 152 valence electrons. The number of carbonyl (C=O) groups is 1. The summed E-state index contributed by atoms with van der Waals surface area (Å²) >= 11 is 1.16. The van der Waals surface area contributed by atoms with Gasteiger partial charge in [0.15, 0.2) is 0 Å². The lowest BCUT2D eigenvalue weighted by molar-refractivity contribution is -0.137. The van der Waals surface area contributed by atoms with E-state index in [-0.39, 0.29) is 16.5 Å². The molecule has 6 nitrogen and oxygen atoms in total. The average molecular weight is 441 g/mol. The van der Waals surface area contributed by atoms with Crippen LogP contribution in [0.15, 0.2) is 59.1 Å². The SMILES string of the molecule is Cc1cc(NC(=O)c2cncs2)ccc1S(=O)(=O)Nc1cccc(C(F)(F)F)c1. The zero-order valence-electron chi connectivity index (χ0n) is 14.8. The van der Waals surface area contributed by atoms with Crippen molar-refractivity contribution in [3.63, 3.8) is 0 Å². The summed E-state index contributed by atoms with van der Waals surface area (Å²) in [5, 5.41) is 2.63. The molecule has 2 aromatic carbocycles. The number of nitrogens with zero attached hydrogens (tertiary/aromatic N) is 1. The minimum absolute atomic E-state index is 0.120. The molecule has 0 bridgehead atoms. The van der Waals surface area contributed by atoms with Crippen LogP contribution in [0.1, 0.15) is 20.8 Å². The fourth-order valence-electron chi connectivity index (χ4n) is 2.52. The Morgan fingerprint density at radius 1 is 1.10 bits per heavy atom. The van der Waals surface area contributed by atoms with Crippen LogP contribution in [0.3, 0.4) is 0 Å². The molecule has 0 aliphatic rings. The predicted octanol–water partition coefficient (Wildman–Crippen LogP) is 4.52. The summed E-state index contributed by atoms with van der Waals surface area (Å²) in [6, 6.07) is 8.04. The number of alkyl halides is 3. The highest BCUT2D eigenvalue weighted by molar-refractivity contribution is 7.92. The standard InChI is InChI=1S/C18H14F3N3O3S2/c1-11-7-13(23-17(25)15-9-22-10-28-15)5-6-16(11)29(26,27)24-14-4-2-3-12(8-14)18(19,20)21/h2-10,24H,1H3,(H,23,25). The Kier molecular flexibility index (Phi) is 5.62. The van der Waals surface area contributed by atoms with Gasteiger partial charge in [-0.15, -0.1) is 11.3 Å². The third-order valence-corrected chi connectivity index (χ3v) is 6.13. The maximum Gasteiger partial charge on any atom is 0.416 e. The van der Waals surface area contributed by atoms with Crippen molar-refractivity contribution >= 4 is 38.6 Å². The predicted molar refractivity (Wildman–Crippen MR) is 103 cm³/mol. The summed E-state index contributed by atoms with van der Waals surface area (Å²) < 4.78 is 65.9. The smallest absolute Gasteiger partial charge is 0.321 e. The molecule has 0 saturated heterocycles. The van der Waals surface area contributed by atoms with Crippen LogP contribution < -0.4 is 10.0 Å². The normalized spacial score (nSPS) is 11.9. The van der Waals surface area contributed by atoms with Crippen LogP contribution in [-0.4, -0.2) is 19.3 Å². The topological polar surface area (TPSA) is 88.2 Å². The molecule has 0 atom stereocenters. The third kappa shape index (κ3) is 4.93. The zero-order chi connectivity index (χ0) is 21.2. The molecule has 0 radical (unpaired) electrons. The maximum absolute atomic E-state index is 12.8. The van der Waals surface area contributed by atoms with Gasteiger partial charge in [-0.25, -0.2) is 8.42 Å². The van der Waals surface area contributed by atoms with Crippen LogP contribution in [0.4, 0.5) is 24.5 Å². The summed E-state index contributed by atoms with van der Waals surface area (Å²) in [6.45, 7) is 1.52. The number of thiazole rings is 1. The third-order valence-electron chi connectivity index (χ3n) is 3.82. The number of sulfonamides is 1. The number of nitrogens with one attached hydrogen (secondary N) is 2. The molecule has 3 aromatic rings. The van der Waals surface area contributed by atoms with Crippen LogP contribution in [0.5, 0.6) is 0 Å². The lowest BCUT2D eigenvalue weighted by Gasteiger charge is -2.13. The molecule has 0 unspecified atom stereocenters. The van der Waals surface area contributed by atoms with Crippen molar-refractivity contribution in [1.29, 1.82) is 0 Å². The molecule has 29 heavy (non-hydrogen) atoms. The van der Waals surface area contributed by atoms with E-state index in [9.17, 15) is 26.4 Å². The molecule has 0 fully saturated rings. The Morgan fingerprint density at radius 3 is 2.48 bits per heavy atom. The first-order valence-electron chi connectivity index (χ1n) is 8.07. The summed E-state index contributed by atoms with van der Waals surface area (Å²) in [5.41, 5.74) is 1.03. The van der Waals surface area contributed by atoms with E-state index in [2.05, 4.69) is 15.0 Å². The Bertz CT molecular complexity index is 1140. The van der Waals surface area contributed by atoms with Crippen molar-refractivity contribution in [2.45, 2.75) is 18.0 Å². The Morgan fingerprint density at radius 2 is 1.86 bits per heavy atom. The molecule has 3 rings (SSSR count). The highest BCUT2D eigenvalue weighted by Crippen LogP contribution is 2.31. The van der Waals surface area contributed by atoms with Gasteiger partial charge in [-0.1, -0.05) is 6.07 Å². The second-order valence-electron chi connectivity index (χ2n) is 5.98. The number of halogens is 3. The van der Waals surface area contributed by atoms with E-state index in [0.29, 0.717) is 16.1 Å². The molecule has 0 saturated carbocycles. The Balaban J connectivity index is 1.81. The first-order chi connectivity index (χ1) is 13.6. The van der Waals surface area contributed by atoms with Gasteiger partial charge in [0.05, 0.1) is 22.2 Å². The van der Waals surface area contributed by atoms with E-state index in [1.807, 2.05) is 0 Å². The second-order valence-corrected chi connectivity index (χ2v) is 8.52. The molecule has 1 amide bonds. The number of aromatic nitrogens is 1. The monoisotopic (exact) mass is 441 g/mol. The van der Waals surface area contributed by atoms with Crippen LogP contribution >= 0.6 is 11.3 Å². The molecule has 0 spiro atoms. The molecular weight excluding hydrogens is 427 g/mol. The maximum atomic E-state index is 12.8. The van der Waals surface area contributed by atoms with Crippen molar-refractivity contribution in [1.82, 2.24) is 4.98 Å². The zero-order valence-corrected chi connectivity index (χ0v) is 16.5. The van der Waals surface area contributed by atoms with Crippen molar-refractivity contribution in [3.05, 3.63) is 70.2 Å². The van der Waals surface area contributed by atoms with Crippen LogP contribution in [0.2, 0.25) is 0 Å². The average Bonchev–Trinajstić information content (AvgIpc) is 3.15. The fraction of sp³-hybridized carbons (Fsp3) is 0.111. The Labute approximate surface area is 168 Å². The molecule has 2 N–H and O–H groups in total. The number of carbonyl (C=O) groups excluding carboxylic acids is 1. The van der Waals surface area contributed by atoms with E-state index in [1.165, 1.54) is 42.9 Å². The lowest BCUT2D eigenvalue weighted by atomic mass is 10.2. The lowest BCUT2D eigenvalue weighted by Crippen LogP contribution is -2.16. The van der Waals surface area contributed by atoms with E-state index >= 15 is 0 Å². The van der Waals surface area contributed by atoms with Crippen LogP contribution in [0, 0.1) is 6.92 Å². The van der Waals surface area contributed by atoms with Gasteiger partial charge in [0.1, 0.15) is 4.88 Å². The minimum atomic E-state index is -4.59. The van der Waals surface area contributed by atoms with Crippen molar-refractivity contribution < 1.29 is 26.4 Å². The van der Waals surface area contributed by atoms with E-state index < -0.39 is 21.8 Å². The van der Waals surface area contributed by atoms with E-state index in [4.69, 9.17) is 0 Å².